The maximum absolute atomic E-state index is 4.03. The number of benzene rings is 5. The minimum Gasteiger partial charge on any atom is -0.0654 e. The number of fused-ring (bicyclic) bond motifs is 6. The summed E-state index contributed by atoms with van der Waals surface area (Å²) in [6, 6.07) is 39.9. The van der Waals surface area contributed by atoms with Crippen LogP contribution in [-0.4, -0.2) is 0 Å². The Morgan fingerprint density at radius 2 is 0.652 bits per heavy atom. The van der Waals surface area contributed by atoms with Crippen LogP contribution in [0.2, 0.25) is 0 Å². The first kappa shape index (κ1) is 50.9. The molecule has 0 bridgehead atoms. The zero-order valence-corrected chi connectivity index (χ0v) is 45.0. The van der Waals surface area contributed by atoms with E-state index in [4.69, 9.17) is 0 Å². The van der Waals surface area contributed by atoms with Gasteiger partial charge >= 0.3 is 0 Å². The van der Waals surface area contributed by atoms with Crippen LogP contribution >= 0.6 is 31.9 Å². The summed E-state index contributed by atoms with van der Waals surface area (Å²) in [5, 5.41) is 0. The smallest absolute Gasteiger partial charge is 0.0654 e. The third-order valence-corrected chi connectivity index (χ3v) is 16.9. The average Bonchev–Trinajstić information content (AvgIpc) is 3.76. The average molecular weight is 1010 g/mol. The lowest BCUT2D eigenvalue weighted by Crippen LogP contribution is -2.29. The van der Waals surface area contributed by atoms with Crippen LogP contribution in [0.3, 0.4) is 0 Å². The largest absolute Gasteiger partial charge is 0.0714 e. The van der Waals surface area contributed by atoms with Gasteiger partial charge in [0.15, 0.2) is 0 Å². The highest BCUT2D eigenvalue weighted by atomic mass is 79.9. The Balaban J connectivity index is 1.36. The summed E-state index contributed by atoms with van der Waals surface area (Å²) in [5.41, 5.74) is 17.1. The molecule has 0 nitrogen and oxygen atoms in total. The van der Waals surface area contributed by atoms with Crippen LogP contribution in [0, 0.1) is 0 Å². The molecule has 0 saturated carbocycles. The Morgan fingerprint density at radius 3 is 1.11 bits per heavy atom. The van der Waals surface area contributed by atoms with E-state index in [2.05, 4.69) is 157 Å². The topological polar surface area (TPSA) is 0 Å². The number of halogens is 2. The Labute approximate surface area is 420 Å². The molecule has 0 spiro atoms. The Morgan fingerprint density at radius 1 is 0.318 bits per heavy atom. The Hall–Kier alpha value is -2.94. The summed E-state index contributed by atoms with van der Waals surface area (Å²) in [6.45, 7) is 9.29. The van der Waals surface area contributed by atoms with Crippen LogP contribution in [-0.2, 0) is 23.7 Å². The van der Waals surface area contributed by atoms with Crippen molar-refractivity contribution in [3.05, 3.63) is 151 Å². The fraction of sp³-hybridized carbons (Fsp3) is 0.531. The molecule has 354 valence electrons. The monoisotopic (exact) mass is 1010 g/mol. The summed E-state index contributed by atoms with van der Waals surface area (Å²) >= 11 is 8.04. The van der Waals surface area contributed by atoms with Crippen LogP contribution in [0.5, 0.6) is 0 Å². The van der Waals surface area contributed by atoms with Crippen molar-refractivity contribution in [1.82, 2.24) is 0 Å². The van der Waals surface area contributed by atoms with Gasteiger partial charge in [-0.25, -0.2) is 0 Å². The van der Waals surface area contributed by atoms with Crippen molar-refractivity contribution in [1.29, 1.82) is 0 Å². The number of rotatable bonds is 30. The quantitative estimate of drug-likeness (QED) is 0.0395. The van der Waals surface area contributed by atoms with Crippen molar-refractivity contribution in [3.63, 3.8) is 0 Å². The first-order valence-corrected chi connectivity index (χ1v) is 29.0. The molecule has 2 aliphatic rings. The van der Waals surface area contributed by atoms with Gasteiger partial charge in [-0.05, 0) is 142 Å². The van der Waals surface area contributed by atoms with E-state index in [-0.39, 0.29) is 5.41 Å². The minimum absolute atomic E-state index is 0.0101. The van der Waals surface area contributed by atoms with E-state index in [0.29, 0.717) is 0 Å². The summed E-state index contributed by atoms with van der Waals surface area (Å²) < 4.78 is 2.37. The predicted octanol–water partition coefficient (Wildman–Crippen LogP) is 21.1. The van der Waals surface area contributed by atoms with E-state index in [1.807, 2.05) is 0 Å². The molecule has 0 aromatic heterocycles. The maximum atomic E-state index is 4.03. The van der Waals surface area contributed by atoms with Gasteiger partial charge in [0.05, 0.1) is 5.41 Å². The summed E-state index contributed by atoms with van der Waals surface area (Å²) in [6.07, 6.45) is 36.7. The zero-order chi connectivity index (χ0) is 46.2. The molecule has 2 heteroatoms. The van der Waals surface area contributed by atoms with Gasteiger partial charge < -0.3 is 0 Å². The molecule has 0 heterocycles. The molecule has 7 rings (SSSR count). The molecule has 0 amide bonds. The van der Waals surface area contributed by atoms with Crippen LogP contribution in [0.4, 0.5) is 0 Å². The molecule has 0 N–H and O–H groups in total. The Kier molecular flexibility index (Phi) is 19.8. The van der Waals surface area contributed by atoms with E-state index >= 15 is 0 Å². The standard InChI is InChI=1S/C64H84Br2/c1-5-9-13-17-21-25-29-49-31-35-51(36-32-49)64(52-37-33-50(34-38-52)30-26-22-18-14-10-6-2)61-46-54(66)40-42-56(61)58-47-60-57(48-62(58)64)55-41-39-53(65)45-59(55)63(60,43-27-23-19-15-11-7-3)44-28-24-20-16-12-8-4/h31-42,45-48H,5-30,43-44H2,1-4H3. The van der Waals surface area contributed by atoms with Gasteiger partial charge in [0.2, 0.25) is 0 Å². The lowest BCUT2D eigenvalue weighted by atomic mass is 9.66. The van der Waals surface area contributed by atoms with Crippen LogP contribution in [0.15, 0.2) is 106 Å². The SMILES string of the molecule is CCCCCCCCc1ccc(C2(c3ccc(CCCCCCCC)cc3)c3cc(Br)ccc3-c3cc4c(cc32)-c2ccc(Br)cc2C4(CCCCCCCC)CCCCCCCC)cc1. The van der Waals surface area contributed by atoms with E-state index in [0.717, 1.165) is 17.3 Å². The maximum Gasteiger partial charge on any atom is 0.0714 e. The normalized spacial score (nSPS) is 14.0. The van der Waals surface area contributed by atoms with E-state index in [1.165, 1.54) is 227 Å². The lowest BCUT2D eigenvalue weighted by molar-refractivity contribution is 0.398. The minimum atomic E-state index is -0.444. The Bertz CT molecular complexity index is 2170. The van der Waals surface area contributed by atoms with Gasteiger partial charge in [0.25, 0.3) is 0 Å². The summed E-state index contributed by atoms with van der Waals surface area (Å²) in [5.74, 6) is 0. The van der Waals surface area contributed by atoms with Gasteiger partial charge in [-0.1, -0.05) is 261 Å². The van der Waals surface area contributed by atoms with Crippen molar-refractivity contribution in [2.75, 3.05) is 0 Å². The molecule has 0 radical (unpaired) electrons. The van der Waals surface area contributed by atoms with Gasteiger partial charge in [-0.3, -0.25) is 0 Å². The van der Waals surface area contributed by atoms with E-state index < -0.39 is 5.41 Å². The second-order valence-corrected chi connectivity index (χ2v) is 22.5. The predicted molar refractivity (Wildman–Crippen MR) is 296 cm³/mol. The molecule has 0 atom stereocenters. The number of aryl methyl sites for hydroxylation is 2. The van der Waals surface area contributed by atoms with Gasteiger partial charge in [-0.15, -0.1) is 0 Å². The van der Waals surface area contributed by atoms with Crippen LogP contribution in [0.25, 0.3) is 22.3 Å². The fourth-order valence-electron chi connectivity index (χ4n) is 12.2. The van der Waals surface area contributed by atoms with Crippen molar-refractivity contribution in [3.8, 4) is 22.3 Å². The number of unbranched alkanes of at least 4 members (excludes halogenated alkanes) is 20. The highest BCUT2D eigenvalue weighted by Gasteiger charge is 2.50. The molecular formula is C64H84Br2. The number of hydrogen-bond acceptors (Lipinski definition) is 0. The van der Waals surface area contributed by atoms with Gasteiger partial charge in [0, 0.05) is 14.4 Å². The lowest BCUT2D eigenvalue weighted by Gasteiger charge is -2.35. The van der Waals surface area contributed by atoms with Gasteiger partial charge in [0.1, 0.15) is 0 Å². The third kappa shape index (κ3) is 11.7. The first-order valence-electron chi connectivity index (χ1n) is 27.4. The van der Waals surface area contributed by atoms with Crippen molar-refractivity contribution in [2.45, 2.75) is 218 Å². The molecule has 5 aromatic carbocycles. The number of hydrogen-bond donors (Lipinski definition) is 0. The summed E-state index contributed by atoms with van der Waals surface area (Å²) in [4.78, 5) is 0. The molecule has 0 saturated heterocycles. The van der Waals surface area contributed by atoms with Crippen LogP contribution < -0.4 is 0 Å². The molecule has 0 fully saturated rings. The fourth-order valence-corrected chi connectivity index (χ4v) is 12.9. The molecule has 0 aliphatic heterocycles. The molecule has 5 aromatic rings. The van der Waals surface area contributed by atoms with Crippen molar-refractivity contribution >= 4 is 31.9 Å². The van der Waals surface area contributed by atoms with Gasteiger partial charge in [-0.2, -0.15) is 0 Å². The molecule has 2 aliphatic carbocycles. The van der Waals surface area contributed by atoms with Crippen molar-refractivity contribution < 1.29 is 0 Å². The first-order chi connectivity index (χ1) is 32.4. The summed E-state index contributed by atoms with van der Waals surface area (Å²) in [7, 11) is 0. The highest BCUT2D eigenvalue weighted by Crippen LogP contribution is 2.62. The van der Waals surface area contributed by atoms with Crippen molar-refractivity contribution in [2.24, 2.45) is 0 Å². The highest BCUT2D eigenvalue weighted by molar-refractivity contribution is 9.10. The molecule has 0 unspecified atom stereocenters. The van der Waals surface area contributed by atoms with Crippen LogP contribution in [0.1, 0.15) is 239 Å². The molecule has 66 heavy (non-hydrogen) atoms. The third-order valence-electron chi connectivity index (χ3n) is 15.9. The molecular weight excluding hydrogens is 929 g/mol. The zero-order valence-electron chi connectivity index (χ0n) is 41.8. The van der Waals surface area contributed by atoms with E-state index in [1.54, 1.807) is 11.1 Å². The second kappa shape index (κ2) is 25.6. The second-order valence-electron chi connectivity index (χ2n) is 20.6. The van der Waals surface area contributed by atoms with E-state index in [9.17, 15) is 0 Å².